The van der Waals surface area contributed by atoms with Gasteiger partial charge in [-0.15, -0.1) is 0 Å². The van der Waals surface area contributed by atoms with Crippen molar-refractivity contribution < 1.29 is 14.6 Å². The molecule has 0 amide bonds. The predicted octanol–water partition coefficient (Wildman–Crippen LogP) is 2.33. The van der Waals surface area contributed by atoms with Crippen molar-refractivity contribution in [3.8, 4) is 5.88 Å². The highest BCUT2D eigenvalue weighted by molar-refractivity contribution is 5.72. The van der Waals surface area contributed by atoms with E-state index in [-0.39, 0.29) is 23.7 Å². The van der Waals surface area contributed by atoms with Crippen LogP contribution in [0.25, 0.3) is 0 Å². The van der Waals surface area contributed by atoms with Crippen LogP contribution in [0.15, 0.2) is 6.20 Å². The number of ether oxygens (including phenoxy) is 1. The highest BCUT2D eigenvalue weighted by atomic mass is 16.5. The average molecular weight is 264 g/mol. The molecule has 5 heteroatoms. The zero-order valence-electron chi connectivity index (χ0n) is 11.4. The summed E-state index contributed by atoms with van der Waals surface area (Å²) >= 11 is 0. The van der Waals surface area contributed by atoms with Gasteiger partial charge in [-0.1, -0.05) is 0 Å². The fourth-order valence-electron chi connectivity index (χ4n) is 2.66. The first-order chi connectivity index (χ1) is 9.11. The van der Waals surface area contributed by atoms with Gasteiger partial charge in [-0.05, 0) is 45.4 Å². The van der Waals surface area contributed by atoms with E-state index in [1.807, 2.05) is 6.92 Å². The first-order valence-corrected chi connectivity index (χ1v) is 6.81. The van der Waals surface area contributed by atoms with Crippen LogP contribution in [0, 0.1) is 12.8 Å². The number of hydrogen-bond donors (Lipinski definition) is 1. The van der Waals surface area contributed by atoms with Crippen molar-refractivity contribution >= 4 is 5.97 Å². The van der Waals surface area contributed by atoms with E-state index in [9.17, 15) is 9.90 Å². The molecule has 5 nitrogen and oxygen atoms in total. The van der Waals surface area contributed by atoms with Crippen LogP contribution >= 0.6 is 0 Å². The van der Waals surface area contributed by atoms with Crippen LogP contribution in [-0.4, -0.2) is 27.7 Å². The zero-order chi connectivity index (χ0) is 13.8. The van der Waals surface area contributed by atoms with Crippen LogP contribution in [0.4, 0.5) is 0 Å². The molecule has 0 bridgehead atoms. The average Bonchev–Trinajstić information content (AvgIpc) is 2.39. The lowest BCUT2D eigenvalue weighted by Gasteiger charge is -2.27. The molecule has 104 valence electrons. The number of aromatic nitrogens is 2. The summed E-state index contributed by atoms with van der Waals surface area (Å²) in [6.07, 6.45) is 5.04. The third-order valence-electron chi connectivity index (χ3n) is 3.70. The second-order valence-corrected chi connectivity index (χ2v) is 5.00. The molecular weight excluding hydrogens is 244 g/mol. The Morgan fingerprint density at radius 3 is 2.68 bits per heavy atom. The van der Waals surface area contributed by atoms with Gasteiger partial charge in [-0.25, -0.2) is 4.98 Å². The van der Waals surface area contributed by atoms with Crippen LogP contribution < -0.4 is 0 Å². The van der Waals surface area contributed by atoms with Gasteiger partial charge < -0.3 is 9.84 Å². The summed E-state index contributed by atoms with van der Waals surface area (Å²) in [5, 5.41) is 9.86. The summed E-state index contributed by atoms with van der Waals surface area (Å²) in [6.45, 7) is 4.01. The van der Waals surface area contributed by atoms with Gasteiger partial charge in [0.1, 0.15) is 5.82 Å². The van der Waals surface area contributed by atoms with Gasteiger partial charge in [-0.2, -0.15) is 4.98 Å². The standard InChI is InChI=1S/C14H20N2O3/c1-3-19-14(18)11-6-4-10(5-7-11)12-8-15-9(2)16-13(12)17/h8,10-11H,3-7H2,1-2H3,(H,15,16,17)/t10-,11+. The zero-order valence-corrected chi connectivity index (χ0v) is 11.4. The fraction of sp³-hybridized carbons (Fsp3) is 0.643. The van der Waals surface area contributed by atoms with E-state index in [1.54, 1.807) is 13.1 Å². The molecule has 0 aliphatic heterocycles. The molecule has 2 rings (SSSR count). The predicted molar refractivity (Wildman–Crippen MR) is 69.8 cm³/mol. The van der Waals surface area contributed by atoms with Gasteiger partial charge >= 0.3 is 5.97 Å². The fourth-order valence-corrected chi connectivity index (χ4v) is 2.66. The van der Waals surface area contributed by atoms with Crippen molar-refractivity contribution in [3.05, 3.63) is 17.6 Å². The minimum atomic E-state index is -0.0923. The Labute approximate surface area is 113 Å². The van der Waals surface area contributed by atoms with Crippen LogP contribution in [0.3, 0.4) is 0 Å². The number of carbonyl (C=O) groups is 1. The van der Waals surface area contributed by atoms with E-state index in [4.69, 9.17) is 4.74 Å². The van der Waals surface area contributed by atoms with Crippen LogP contribution in [0.2, 0.25) is 0 Å². The molecule has 0 atom stereocenters. The summed E-state index contributed by atoms with van der Waals surface area (Å²) < 4.78 is 5.05. The number of nitrogens with zero attached hydrogens (tertiary/aromatic N) is 2. The summed E-state index contributed by atoms with van der Waals surface area (Å²) in [7, 11) is 0. The van der Waals surface area contributed by atoms with E-state index in [2.05, 4.69) is 9.97 Å². The Morgan fingerprint density at radius 2 is 2.11 bits per heavy atom. The Balaban J connectivity index is 1.98. The molecule has 1 aliphatic carbocycles. The van der Waals surface area contributed by atoms with Gasteiger partial charge in [0.25, 0.3) is 0 Å². The highest BCUT2D eigenvalue weighted by Crippen LogP contribution is 2.38. The van der Waals surface area contributed by atoms with Gasteiger partial charge in [0.2, 0.25) is 5.88 Å². The van der Waals surface area contributed by atoms with Crippen LogP contribution in [-0.2, 0) is 9.53 Å². The highest BCUT2D eigenvalue weighted by Gasteiger charge is 2.29. The quantitative estimate of drug-likeness (QED) is 0.848. The van der Waals surface area contributed by atoms with Gasteiger partial charge in [-0.3, -0.25) is 4.79 Å². The first-order valence-electron chi connectivity index (χ1n) is 6.81. The smallest absolute Gasteiger partial charge is 0.308 e. The largest absolute Gasteiger partial charge is 0.493 e. The van der Waals surface area contributed by atoms with E-state index in [0.29, 0.717) is 12.4 Å². The molecule has 0 aromatic carbocycles. The molecule has 1 heterocycles. The number of aryl methyl sites for hydroxylation is 1. The topological polar surface area (TPSA) is 72.3 Å². The molecule has 19 heavy (non-hydrogen) atoms. The SMILES string of the molecule is CCOC(=O)[C@H]1CC[C@@H](c2cnc(C)nc2O)CC1. The maximum atomic E-state index is 11.7. The molecule has 1 aromatic heterocycles. The first kappa shape index (κ1) is 13.8. The number of carbonyl (C=O) groups excluding carboxylic acids is 1. The Bertz CT molecular complexity index is 454. The lowest BCUT2D eigenvalue weighted by atomic mass is 9.79. The maximum Gasteiger partial charge on any atom is 0.308 e. The number of aromatic hydroxyl groups is 1. The van der Waals surface area contributed by atoms with Gasteiger partial charge in [0.05, 0.1) is 12.5 Å². The Hall–Kier alpha value is -1.65. The van der Waals surface area contributed by atoms with Crippen molar-refractivity contribution in [1.29, 1.82) is 0 Å². The third kappa shape index (κ3) is 3.22. The summed E-state index contributed by atoms with van der Waals surface area (Å²) in [6, 6.07) is 0. The number of hydrogen-bond acceptors (Lipinski definition) is 5. The van der Waals surface area contributed by atoms with E-state index in [1.165, 1.54) is 0 Å². The van der Waals surface area contributed by atoms with E-state index < -0.39 is 0 Å². The third-order valence-corrected chi connectivity index (χ3v) is 3.70. The van der Waals surface area contributed by atoms with Crippen LogP contribution in [0.5, 0.6) is 5.88 Å². The summed E-state index contributed by atoms with van der Waals surface area (Å²) in [5.41, 5.74) is 0.799. The monoisotopic (exact) mass is 264 g/mol. The molecule has 1 aromatic rings. The molecule has 1 fully saturated rings. The lowest BCUT2D eigenvalue weighted by molar-refractivity contribution is -0.149. The van der Waals surface area contributed by atoms with Gasteiger partial charge in [0, 0.05) is 11.8 Å². The number of rotatable bonds is 3. The number of esters is 1. The molecule has 1 aliphatic rings. The summed E-state index contributed by atoms with van der Waals surface area (Å²) in [5.74, 6) is 0.801. The molecule has 0 saturated heterocycles. The van der Waals surface area contributed by atoms with Crippen LogP contribution in [0.1, 0.15) is 49.9 Å². The summed E-state index contributed by atoms with van der Waals surface area (Å²) in [4.78, 5) is 19.8. The van der Waals surface area contributed by atoms with E-state index >= 15 is 0 Å². The molecule has 0 radical (unpaired) electrons. The Morgan fingerprint density at radius 1 is 1.42 bits per heavy atom. The molecular formula is C14H20N2O3. The molecule has 0 unspecified atom stereocenters. The second kappa shape index (κ2) is 5.99. The van der Waals surface area contributed by atoms with Crippen molar-refractivity contribution in [1.82, 2.24) is 9.97 Å². The van der Waals surface area contributed by atoms with Crippen molar-refractivity contribution in [3.63, 3.8) is 0 Å². The normalized spacial score (nSPS) is 23.1. The molecule has 1 saturated carbocycles. The molecule has 0 spiro atoms. The van der Waals surface area contributed by atoms with E-state index in [0.717, 1.165) is 31.2 Å². The van der Waals surface area contributed by atoms with Crippen molar-refractivity contribution in [2.75, 3.05) is 6.61 Å². The maximum absolute atomic E-state index is 11.7. The van der Waals surface area contributed by atoms with Crippen molar-refractivity contribution in [2.24, 2.45) is 5.92 Å². The Kier molecular flexibility index (Phi) is 4.35. The lowest BCUT2D eigenvalue weighted by Crippen LogP contribution is -2.23. The minimum absolute atomic E-state index is 0.00436. The van der Waals surface area contributed by atoms with Gasteiger partial charge in [0.15, 0.2) is 0 Å². The minimum Gasteiger partial charge on any atom is -0.493 e. The molecule has 1 N–H and O–H groups in total. The second-order valence-electron chi connectivity index (χ2n) is 5.00. The van der Waals surface area contributed by atoms with Crippen molar-refractivity contribution in [2.45, 2.75) is 45.4 Å².